The Kier molecular flexibility index (Phi) is 3.33. The van der Waals surface area contributed by atoms with Gasteiger partial charge in [0.15, 0.2) is 0 Å². The predicted octanol–water partition coefficient (Wildman–Crippen LogP) is 2.46. The van der Waals surface area contributed by atoms with Crippen LogP contribution >= 0.6 is 11.3 Å². The van der Waals surface area contributed by atoms with Crippen molar-refractivity contribution in [1.29, 1.82) is 0 Å². The van der Waals surface area contributed by atoms with Gasteiger partial charge < -0.3 is 0 Å². The number of amides is 2. The number of hydrogen-bond acceptors (Lipinski definition) is 3. The van der Waals surface area contributed by atoms with Crippen molar-refractivity contribution in [3.63, 3.8) is 0 Å². The maximum atomic E-state index is 11.9. The molecule has 2 amide bonds. The molecule has 1 fully saturated rings. The van der Waals surface area contributed by atoms with Crippen LogP contribution in [0.2, 0.25) is 0 Å². The Hall–Kier alpha value is -1.16. The van der Waals surface area contributed by atoms with E-state index in [1.165, 1.54) is 10.4 Å². The van der Waals surface area contributed by atoms with Gasteiger partial charge in [-0.3, -0.25) is 14.9 Å². The molecular formula is C13H17NO2S. The van der Waals surface area contributed by atoms with E-state index in [9.17, 15) is 9.59 Å². The lowest BCUT2D eigenvalue weighted by molar-refractivity contribution is -0.138. The van der Waals surface area contributed by atoms with Crippen LogP contribution in [0.15, 0.2) is 11.4 Å². The lowest BCUT2D eigenvalue weighted by atomic mass is 9.77. The average molecular weight is 251 g/mol. The molecule has 1 aliphatic rings. The quantitative estimate of drug-likeness (QED) is 0.821. The third-order valence-corrected chi connectivity index (χ3v) is 4.51. The number of nitrogens with one attached hydrogen (secondary N) is 1. The lowest BCUT2D eigenvalue weighted by Gasteiger charge is -2.32. The molecule has 1 aliphatic heterocycles. The van der Waals surface area contributed by atoms with E-state index >= 15 is 0 Å². The van der Waals surface area contributed by atoms with E-state index in [-0.39, 0.29) is 29.6 Å². The van der Waals surface area contributed by atoms with E-state index in [2.05, 4.69) is 5.32 Å². The lowest BCUT2D eigenvalue weighted by Crippen LogP contribution is -2.46. The molecular weight excluding hydrogens is 234 g/mol. The number of piperidine rings is 1. The first kappa shape index (κ1) is 12.3. The summed E-state index contributed by atoms with van der Waals surface area (Å²) in [6.07, 6.45) is 0.427. The van der Waals surface area contributed by atoms with Crippen LogP contribution in [0, 0.1) is 18.8 Å². The second kappa shape index (κ2) is 4.61. The minimum atomic E-state index is -0.148. The maximum Gasteiger partial charge on any atom is 0.230 e. The number of aryl methyl sites for hydroxylation is 1. The molecule has 1 N–H and O–H groups in total. The zero-order chi connectivity index (χ0) is 12.6. The molecule has 0 spiro atoms. The summed E-state index contributed by atoms with van der Waals surface area (Å²) in [4.78, 5) is 24.7. The molecule has 2 atom stereocenters. The molecule has 0 aromatic carbocycles. The van der Waals surface area contributed by atoms with Gasteiger partial charge in [-0.15, -0.1) is 11.3 Å². The summed E-state index contributed by atoms with van der Waals surface area (Å²) in [5, 5.41) is 4.48. The highest BCUT2D eigenvalue weighted by Crippen LogP contribution is 2.39. The first-order valence-electron chi connectivity index (χ1n) is 5.88. The summed E-state index contributed by atoms with van der Waals surface area (Å²) >= 11 is 1.65. The molecule has 2 heterocycles. The highest BCUT2D eigenvalue weighted by atomic mass is 32.1. The van der Waals surface area contributed by atoms with Crippen LogP contribution in [0.3, 0.4) is 0 Å². The molecule has 0 saturated carbocycles. The fourth-order valence-corrected chi connectivity index (χ4v) is 3.65. The van der Waals surface area contributed by atoms with Gasteiger partial charge in [-0.2, -0.15) is 0 Å². The van der Waals surface area contributed by atoms with Crippen molar-refractivity contribution in [2.45, 2.75) is 33.1 Å². The molecule has 0 radical (unpaired) electrons. The maximum absolute atomic E-state index is 11.9. The standard InChI is InChI=1S/C13H17NO2S/c1-7(2)11-9(6-10(15)14-13(11)16)12-8(3)4-5-17-12/h4-5,7,9,11H,6H2,1-3H3,(H,14,15,16). The van der Waals surface area contributed by atoms with Crippen LogP contribution in [0.1, 0.15) is 36.6 Å². The number of imide groups is 1. The van der Waals surface area contributed by atoms with Crippen LogP contribution in [-0.4, -0.2) is 11.8 Å². The Bertz CT molecular complexity index is 450. The van der Waals surface area contributed by atoms with Crippen LogP contribution in [0.4, 0.5) is 0 Å². The average Bonchev–Trinajstić information content (AvgIpc) is 2.62. The molecule has 4 heteroatoms. The van der Waals surface area contributed by atoms with Gasteiger partial charge in [0, 0.05) is 23.1 Å². The largest absolute Gasteiger partial charge is 0.296 e. The summed E-state index contributed by atoms with van der Waals surface area (Å²) in [6.45, 7) is 6.12. The topological polar surface area (TPSA) is 46.2 Å². The van der Waals surface area contributed by atoms with E-state index in [4.69, 9.17) is 0 Å². The second-order valence-corrected chi connectivity index (χ2v) is 5.91. The summed E-state index contributed by atoms with van der Waals surface area (Å²) in [6, 6.07) is 2.05. The van der Waals surface area contributed by atoms with Gasteiger partial charge in [0.1, 0.15) is 0 Å². The summed E-state index contributed by atoms with van der Waals surface area (Å²) in [5.74, 6) is -0.0605. The molecule has 3 nitrogen and oxygen atoms in total. The molecule has 0 aliphatic carbocycles. The van der Waals surface area contributed by atoms with Gasteiger partial charge in [0.05, 0.1) is 0 Å². The summed E-state index contributed by atoms with van der Waals surface area (Å²) in [5.41, 5.74) is 1.19. The highest BCUT2D eigenvalue weighted by molar-refractivity contribution is 7.10. The van der Waals surface area contributed by atoms with Crippen molar-refractivity contribution >= 4 is 23.2 Å². The van der Waals surface area contributed by atoms with Crippen LogP contribution < -0.4 is 5.32 Å². The first-order chi connectivity index (χ1) is 8.00. The Balaban J connectivity index is 2.37. The van der Waals surface area contributed by atoms with Gasteiger partial charge >= 0.3 is 0 Å². The third-order valence-electron chi connectivity index (χ3n) is 3.36. The molecule has 2 rings (SSSR count). The summed E-state index contributed by atoms with van der Waals surface area (Å²) in [7, 11) is 0. The predicted molar refractivity (Wildman–Crippen MR) is 67.9 cm³/mol. The van der Waals surface area contributed by atoms with Gasteiger partial charge in [0.2, 0.25) is 11.8 Å². The fraction of sp³-hybridized carbons (Fsp3) is 0.538. The van der Waals surface area contributed by atoms with Gasteiger partial charge in [0.25, 0.3) is 0 Å². The highest BCUT2D eigenvalue weighted by Gasteiger charge is 2.39. The molecule has 0 bridgehead atoms. The zero-order valence-electron chi connectivity index (χ0n) is 10.3. The van der Waals surface area contributed by atoms with E-state index in [0.29, 0.717) is 6.42 Å². The van der Waals surface area contributed by atoms with Crippen LogP contribution in [-0.2, 0) is 9.59 Å². The molecule has 1 aromatic rings. The van der Waals surface area contributed by atoms with E-state index in [1.807, 2.05) is 32.2 Å². The fourth-order valence-electron chi connectivity index (χ4n) is 2.57. The van der Waals surface area contributed by atoms with Crippen LogP contribution in [0.5, 0.6) is 0 Å². The van der Waals surface area contributed by atoms with Crippen molar-refractivity contribution in [3.8, 4) is 0 Å². The molecule has 92 valence electrons. The van der Waals surface area contributed by atoms with Gasteiger partial charge in [-0.1, -0.05) is 13.8 Å². The number of carbonyl (C=O) groups is 2. The summed E-state index contributed by atoms with van der Waals surface area (Å²) < 4.78 is 0. The van der Waals surface area contributed by atoms with Gasteiger partial charge in [-0.05, 0) is 29.9 Å². The second-order valence-electron chi connectivity index (χ2n) is 4.96. The van der Waals surface area contributed by atoms with Crippen molar-refractivity contribution in [1.82, 2.24) is 5.32 Å². The normalized spacial score (nSPS) is 25.2. The van der Waals surface area contributed by atoms with Crippen molar-refractivity contribution < 1.29 is 9.59 Å². The number of thiophene rings is 1. The zero-order valence-corrected chi connectivity index (χ0v) is 11.1. The number of carbonyl (C=O) groups excluding carboxylic acids is 2. The molecule has 2 unspecified atom stereocenters. The number of hydrogen-bond donors (Lipinski definition) is 1. The monoisotopic (exact) mass is 251 g/mol. The van der Waals surface area contributed by atoms with Crippen LogP contribution in [0.25, 0.3) is 0 Å². The van der Waals surface area contributed by atoms with E-state index in [0.717, 1.165) is 0 Å². The molecule has 1 aromatic heterocycles. The smallest absolute Gasteiger partial charge is 0.230 e. The van der Waals surface area contributed by atoms with Gasteiger partial charge in [-0.25, -0.2) is 0 Å². The molecule has 1 saturated heterocycles. The molecule has 17 heavy (non-hydrogen) atoms. The Morgan fingerprint density at radius 3 is 2.65 bits per heavy atom. The minimum absolute atomic E-state index is 0.0521. The third kappa shape index (κ3) is 2.27. The first-order valence-corrected chi connectivity index (χ1v) is 6.76. The van der Waals surface area contributed by atoms with Crippen molar-refractivity contribution in [2.24, 2.45) is 11.8 Å². The Morgan fingerprint density at radius 2 is 2.12 bits per heavy atom. The van der Waals surface area contributed by atoms with E-state index < -0.39 is 0 Å². The SMILES string of the molecule is Cc1ccsc1C1CC(=O)NC(=O)C1C(C)C. The Labute approximate surface area is 105 Å². The van der Waals surface area contributed by atoms with E-state index in [1.54, 1.807) is 11.3 Å². The van der Waals surface area contributed by atoms with Crippen molar-refractivity contribution in [2.75, 3.05) is 0 Å². The Morgan fingerprint density at radius 1 is 1.41 bits per heavy atom. The van der Waals surface area contributed by atoms with Crippen molar-refractivity contribution in [3.05, 3.63) is 21.9 Å². The number of rotatable bonds is 2. The minimum Gasteiger partial charge on any atom is -0.296 e.